The number of fused-ring (bicyclic) bond motifs is 2. The van der Waals surface area contributed by atoms with Crippen LogP contribution in [0.2, 0.25) is 0 Å². The van der Waals surface area contributed by atoms with E-state index >= 15 is 0 Å². The third-order valence-electron chi connectivity index (χ3n) is 7.51. The minimum atomic E-state index is -4.53. The van der Waals surface area contributed by atoms with E-state index in [1.54, 1.807) is 12.3 Å². The van der Waals surface area contributed by atoms with Gasteiger partial charge in [0.05, 0.1) is 12.0 Å². The van der Waals surface area contributed by atoms with Crippen LogP contribution in [-0.4, -0.2) is 47.3 Å². The van der Waals surface area contributed by atoms with E-state index < -0.39 is 41.1 Å². The number of amidine groups is 1. The lowest BCUT2D eigenvalue weighted by atomic mass is 9.92. The molecule has 2 aliphatic rings. The Morgan fingerprint density at radius 1 is 1.15 bits per heavy atom. The van der Waals surface area contributed by atoms with Gasteiger partial charge in [0.1, 0.15) is 5.69 Å². The quantitative estimate of drug-likeness (QED) is 0.0901. The van der Waals surface area contributed by atoms with E-state index in [-0.39, 0.29) is 29.9 Å². The zero-order valence-corrected chi connectivity index (χ0v) is 23.2. The normalized spacial score (nSPS) is 21.9. The molecule has 2 bridgehead atoms. The van der Waals surface area contributed by atoms with Gasteiger partial charge < -0.3 is 10.2 Å². The first-order valence-corrected chi connectivity index (χ1v) is 14.7. The number of halogens is 7. The fraction of sp³-hybridized carbons (Fsp3) is 0.519. The highest BCUT2D eigenvalue weighted by Gasteiger charge is 2.43. The van der Waals surface area contributed by atoms with Gasteiger partial charge in [-0.05, 0) is 62.0 Å². The maximum absolute atomic E-state index is 14.6. The van der Waals surface area contributed by atoms with Crippen LogP contribution in [0.25, 0.3) is 0 Å². The Kier molecular flexibility index (Phi) is 9.92. The maximum Gasteiger partial charge on any atom is 0.433 e. The number of anilines is 1. The molecule has 2 heterocycles. The monoisotopic (exact) mass is 606 g/mol. The van der Waals surface area contributed by atoms with Gasteiger partial charge in [-0.15, -0.1) is 11.6 Å². The summed E-state index contributed by atoms with van der Waals surface area (Å²) in [7, 11) is 0. The van der Waals surface area contributed by atoms with E-state index in [1.807, 2.05) is 4.90 Å². The number of alkyl halides is 4. The van der Waals surface area contributed by atoms with E-state index in [9.17, 15) is 31.1 Å². The van der Waals surface area contributed by atoms with E-state index in [0.29, 0.717) is 42.7 Å². The second-order valence-electron chi connectivity index (χ2n) is 10.0. The number of thioether (sulfide) groups is 1. The van der Waals surface area contributed by atoms with Crippen molar-refractivity contribution in [3.63, 3.8) is 0 Å². The van der Waals surface area contributed by atoms with Gasteiger partial charge in [-0.2, -0.15) is 13.2 Å². The van der Waals surface area contributed by atoms with Crippen molar-refractivity contribution in [1.82, 2.24) is 10.3 Å². The molecule has 1 aliphatic heterocycles. The highest BCUT2D eigenvalue weighted by atomic mass is 35.5. The van der Waals surface area contributed by atoms with Gasteiger partial charge in [0.25, 0.3) is 0 Å². The lowest BCUT2D eigenvalue weighted by Gasteiger charge is -2.38. The van der Waals surface area contributed by atoms with Gasteiger partial charge in [0, 0.05) is 36.4 Å². The van der Waals surface area contributed by atoms with Crippen LogP contribution < -0.4 is 10.2 Å². The number of nitrogens with one attached hydrogen (secondary N) is 1. The number of hydrogen-bond donors (Lipinski definition) is 1. The molecule has 4 atom stereocenters. The van der Waals surface area contributed by atoms with Crippen molar-refractivity contribution in [2.24, 2.45) is 16.8 Å². The zero-order chi connectivity index (χ0) is 29.0. The largest absolute Gasteiger partial charge is 0.433 e. The summed E-state index contributed by atoms with van der Waals surface area (Å²) >= 11 is 6.95. The van der Waals surface area contributed by atoms with Gasteiger partial charge in [-0.25, -0.2) is 13.2 Å². The maximum atomic E-state index is 14.6. The summed E-state index contributed by atoms with van der Waals surface area (Å²) < 4.78 is 81.6. The average molecular weight is 607 g/mol. The number of unbranched alkanes of at least 4 members (excludes halogenated alkanes) is 1. The minimum absolute atomic E-state index is 0.0588. The summed E-state index contributed by atoms with van der Waals surface area (Å²) in [5, 5.41) is 3.06. The van der Waals surface area contributed by atoms with Crippen molar-refractivity contribution in [2.75, 3.05) is 30.1 Å². The van der Waals surface area contributed by atoms with Gasteiger partial charge in [0.15, 0.2) is 22.6 Å². The molecule has 2 unspecified atom stereocenters. The SMILES string of the molecule is CS/C(=N\[C@@H]1C2CC[C@@H]1CN(c1ccnc(C(F)(F)F)c1)C2)NC(=O)C(CCCCCl)c1ccc(F)c(F)c1F. The molecule has 2 fully saturated rings. The van der Waals surface area contributed by atoms with Crippen LogP contribution in [0.15, 0.2) is 35.5 Å². The van der Waals surface area contributed by atoms with Crippen molar-refractivity contribution >= 4 is 40.1 Å². The molecule has 1 N–H and O–H groups in total. The summed E-state index contributed by atoms with van der Waals surface area (Å²) in [5.74, 6) is -5.58. The average Bonchev–Trinajstić information content (AvgIpc) is 3.14. The molecule has 1 amide bonds. The Bertz CT molecular complexity index is 1230. The first kappa shape index (κ1) is 30.5. The van der Waals surface area contributed by atoms with Crippen LogP contribution in [0.3, 0.4) is 0 Å². The number of nitrogens with zero attached hydrogens (tertiary/aromatic N) is 3. The summed E-state index contributed by atoms with van der Waals surface area (Å²) in [4.78, 5) is 23.5. The van der Waals surface area contributed by atoms with Crippen molar-refractivity contribution in [3.8, 4) is 0 Å². The topological polar surface area (TPSA) is 57.6 Å². The molecular formula is C27H29ClF6N4OS. The second-order valence-corrected chi connectivity index (χ2v) is 11.2. The fourth-order valence-corrected chi connectivity index (χ4v) is 6.15. The Balaban J connectivity index is 1.50. The number of amides is 1. The second kappa shape index (κ2) is 13.0. The summed E-state index contributed by atoms with van der Waals surface area (Å²) in [6.07, 6.45) is 1.23. The van der Waals surface area contributed by atoms with Crippen LogP contribution in [0.5, 0.6) is 0 Å². The van der Waals surface area contributed by atoms with Crippen molar-refractivity contribution < 1.29 is 31.1 Å². The zero-order valence-electron chi connectivity index (χ0n) is 21.7. The van der Waals surface area contributed by atoms with E-state index in [4.69, 9.17) is 16.6 Å². The first-order valence-electron chi connectivity index (χ1n) is 12.9. The van der Waals surface area contributed by atoms with Gasteiger partial charge in [-0.3, -0.25) is 14.8 Å². The Labute approximate surface area is 237 Å². The van der Waals surface area contributed by atoms with Crippen molar-refractivity contribution in [2.45, 2.75) is 50.2 Å². The lowest BCUT2D eigenvalue weighted by molar-refractivity contribution is -0.141. The van der Waals surface area contributed by atoms with E-state index in [0.717, 1.165) is 37.2 Å². The number of aromatic nitrogens is 1. The third-order valence-corrected chi connectivity index (χ3v) is 8.37. The molecule has 5 nitrogen and oxygen atoms in total. The smallest absolute Gasteiger partial charge is 0.371 e. The molecule has 1 saturated carbocycles. The molecule has 0 radical (unpaired) electrons. The molecule has 1 saturated heterocycles. The highest BCUT2D eigenvalue weighted by molar-refractivity contribution is 8.13. The van der Waals surface area contributed by atoms with E-state index in [1.165, 1.54) is 11.8 Å². The number of piperidine rings is 1. The Morgan fingerprint density at radius 2 is 1.85 bits per heavy atom. The Morgan fingerprint density at radius 3 is 2.48 bits per heavy atom. The molecule has 40 heavy (non-hydrogen) atoms. The third kappa shape index (κ3) is 6.87. The summed E-state index contributed by atoms with van der Waals surface area (Å²) in [5.41, 5.74) is -0.730. The highest BCUT2D eigenvalue weighted by Crippen LogP contribution is 2.41. The molecule has 2 aromatic rings. The van der Waals surface area contributed by atoms with Crippen LogP contribution >= 0.6 is 23.4 Å². The lowest BCUT2D eigenvalue weighted by Crippen LogP contribution is -2.45. The molecule has 1 aromatic heterocycles. The summed E-state index contributed by atoms with van der Waals surface area (Å²) in [6.45, 7) is 1.01. The fourth-order valence-electron chi connectivity index (χ4n) is 5.53. The molecule has 13 heteroatoms. The predicted molar refractivity (Wildman–Crippen MR) is 144 cm³/mol. The van der Waals surface area contributed by atoms with Crippen LogP contribution in [0, 0.1) is 29.3 Å². The standard InChI is InChI=1S/C27H29ClF6N4OS/c1-40-26(37-25(39)19(4-2-3-10-28)18-7-8-20(29)23(31)22(18)30)36-24-15-5-6-16(24)14-38(13-15)17-9-11-35-21(12-17)27(32,33)34/h7-9,11-12,15-16,19,24H,2-6,10,13-14H2,1H3,(H,36,37,39)/t15-,16?,19?,24+/m1/s1. The molecule has 0 spiro atoms. The minimum Gasteiger partial charge on any atom is -0.371 e. The molecule has 4 rings (SSSR count). The number of rotatable bonds is 8. The van der Waals surface area contributed by atoms with Crippen LogP contribution in [0.1, 0.15) is 49.3 Å². The molecule has 218 valence electrons. The van der Waals surface area contributed by atoms with Gasteiger partial charge in [-0.1, -0.05) is 24.2 Å². The molecule has 1 aromatic carbocycles. The van der Waals surface area contributed by atoms with Crippen LogP contribution in [0.4, 0.5) is 32.0 Å². The molecular weight excluding hydrogens is 578 g/mol. The number of carbonyl (C=O) groups is 1. The van der Waals surface area contributed by atoms with Gasteiger partial charge in [0.2, 0.25) is 5.91 Å². The summed E-state index contributed by atoms with van der Waals surface area (Å²) in [6, 6.07) is 4.34. The van der Waals surface area contributed by atoms with Crippen molar-refractivity contribution in [3.05, 3.63) is 59.2 Å². The number of pyridine rings is 1. The number of hydrogen-bond acceptors (Lipinski definition) is 5. The first-order chi connectivity index (χ1) is 19.0. The number of carbonyl (C=O) groups excluding carboxylic acids is 1. The van der Waals surface area contributed by atoms with Crippen LogP contribution in [-0.2, 0) is 11.0 Å². The van der Waals surface area contributed by atoms with E-state index in [2.05, 4.69) is 10.3 Å². The Hall–Kier alpha value is -2.47. The van der Waals surface area contributed by atoms with Gasteiger partial charge >= 0.3 is 6.18 Å². The number of benzene rings is 1. The molecule has 1 aliphatic carbocycles. The predicted octanol–water partition coefficient (Wildman–Crippen LogP) is 6.76. The number of aliphatic imine (C=N–C) groups is 1. The van der Waals surface area contributed by atoms with Crippen molar-refractivity contribution in [1.29, 1.82) is 0 Å².